The molecule has 4 heteroatoms. The second-order valence-electron chi connectivity index (χ2n) is 5.69. The quantitative estimate of drug-likeness (QED) is 0.768. The summed E-state index contributed by atoms with van der Waals surface area (Å²) in [4.78, 5) is 22.2. The number of carbonyl (C=O) groups is 2. The molecule has 2 aromatic rings. The van der Waals surface area contributed by atoms with Crippen molar-refractivity contribution in [2.45, 2.75) is 25.3 Å². The molecule has 4 nitrogen and oxygen atoms in total. The summed E-state index contributed by atoms with van der Waals surface area (Å²) < 4.78 is 0. The summed E-state index contributed by atoms with van der Waals surface area (Å²) in [5, 5.41) is 11.4. The minimum Gasteiger partial charge on any atom is -0.478 e. The highest BCUT2D eigenvalue weighted by Gasteiger charge is 2.18. The molecule has 0 fully saturated rings. The van der Waals surface area contributed by atoms with Gasteiger partial charge in [-0.1, -0.05) is 60.7 Å². The van der Waals surface area contributed by atoms with Gasteiger partial charge >= 0.3 is 5.97 Å². The van der Waals surface area contributed by atoms with Crippen LogP contribution in [-0.2, 0) is 9.59 Å². The van der Waals surface area contributed by atoms with Crippen LogP contribution in [0.15, 0.2) is 72.8 Å². The molecule has 0 radical (unpaired) electrons. The molecule has 124 valence electrons. The van der Waals surface area contributed by atoms with Crippen LogP contribution in [0.25, 0.3) is 0 Å². The van der Waals surface area contributed by atoms with E-state index >= 15 is 0 Å². The Balaban J connectivity index is 2.11. The average molecular weight is 323 g/mol. The smallest absolute Gasteiger partial charge is 0.328 e. The third-order valence-corrected chi connectivity index (χ3v) is 3.76. The molecule has 1 amide bonds. The summed E-state index contributed by atoms with van der Waals surface area (Å²) in [6, 6.07) is 20.2. The van der Waals surface area contributed by atoms with Crippen LogP contribution in [0, 0.1) is 0 Å². The second kappa shape index (κ2) is 8.67. The maximum Gasteiger partial charge on any atom is 0.328 e. The van der Waals surface area contributed by atoms with Crippen molar-refractivity contribution in [3.63, 3.8) is 0 Å². The van der Waals surface area contributed by atoms with Crippen LogP contribution in [0.5, 0.6) is 0 Å². The Morgan fingerprint density at radius 1 is 0.958 bits per heavy atom. The number of carboxylic acids is 1. The molecule has 0 saturated carbocycles. The molecule has 1 unspecified atom stereocenters. The lowest BCUT2D eigenvalue weighted by Crippen LogP contribution is -2.32. The lowest BCUT2D eigenvalue weighted by atomic mass is 9.86. The van der Waals surface area contributed by atoms with Gasteiger partial charge < -0.3 is 10.4 Å². The van der Waals surface area contributed by atoms with E-state index < -0.39 is 11.9 Å². The van der Waals surface area contributed by atoms with Gasteiger partial charge in [-0.05, 0) is 24.5 Å². The molecule has 2 N–H and O–H groups in total. The fourth-order valence-corrected chi connectivity index (χ4v) is 2.69. The number of nitrogens with one attached hydrogen (secondary N) is 1. The Morgan fingerprint density at radius 2 is 1.46 bits per heavy atom. The number of benzene rings is 2. The zero-order valence-corrected chi connectivity index (χ0v) is 13.6. The van der Waals surface area contributed by atoms with E-state index in [1.165, 1.54) is 11.1 Å². The summed E-state index contributed by atoms with van der Waals surface area (Å²) >= 11 is 0. The van der Waals surface area contributed by atoms with E-state index in [1.54, 1.807) is 0 Å². The number of aliphatic carboxylic acids is 1. The Morgan fingerprint density at radius 3 is 1.92 bits per heavy atom. The van der Waals surface area contributed by atoms with Gasteiger partial charge in [-0.25, -0.2) is 4.79 Å². The predicted octanol–water partition coefficient (Wildman–Crippen LogP) is 3.35. The van der Waals surface area contributed by atoms with E-state index in [2.05, 4.69) is 29.6 Å². The molecule has 1 atom stereocenters. The highest BCUT2D eigenvalue weighted by Crippen LogP contribution is 2.28. The van der Waals surface area contributed by atoms with E-state index in [4.69, 9.17) is 5.11 Å². The van der Waals surface area contributed by atoms with Crippen LogP contribution < -0.4 is 5.32 Å². The van der Waals surface area contributed by atoms with Crippen LogP contribution in [0.1, 0.15) is 30.4 Å². The largest absolute Gasteiger partial charge is 0.478 e. The molecule has 0 heterocycles. The van der Waals surface area contributed by atoms with Crippen molar-refractivity contribution in [1.82, 2.24) is 5.32 Å². The molecule has 0 aliphatic carbocycles. The Labute approximate surface area is 141 Å². The number of amides is 1. The third-order valence-electron chi connectivity index (χ3n) is 3.76. The lowest BCUT2D eigenvalue weighted by Gasteiger charge is -2.22. The van der Waals surface area contributed by atoms with Gasteiger partial charge in [0.2, 0.25) is 5.91 Å². The second-order valence-corrected chi connectivity index (χ2v) is 5.69. The van der Waals surface area contributed by atoms with Crippen molar-refractivity contribution in [1.29, 1.82) is 0 Å². The summed E-state index contributed by atoms with van der Waals surface area (Å²) in [7, 11) is 0. The standard InChI is InChI=1S/C20H21NO3/c1-15(21-19(22)12-13-20(23)24)14-18(16-8-4-2-5-9-16)17-10-6-3-7-11-17/h2-13,15,18H,14H2,1H3,(H,21,22)(H,23,24)/b13-12-. The molecule has 2 aromatic carbocycles. The fourth-order valence-electron chi connectivity index (χ4n) is 2.69. The summed E-state index contributed by atoms with van der Waals surface area (Å²) in [5.41, 5.74) is 2.37. The molecule has 0 aliphatic heterocycles. The van der Waals surface area contributed by atoms with Crippen LogP contribution >= 0.6 is 0 Å². The maximum atomic E-state index is 11.8. The minimum absolute atomic E-state index is 0.0960. The Bertz CT molecular complexity index is 656. The molecule has 24 heavy (non-hydrogen) atoms. The van der Waals surface area contributed by atoms with Crippen LogP contribution in [-0.4, -0.2) is 23.0 Å². The number of hydrogen-bond donors (Lipinski definition) is 2. The minimum atomic E-state index is -1.13. The third kappa shape index (κ3) is 5.39. The van der Waals surface area contributed by atoms with Gasteiger partial charge in [0.1, 0.15) is 0 Å². The van der Waals surface area contributed by atoms with Gasteiger partial charge in [0.25, 0.3) is 0 Å². The predicted molar refractivity (Wildman–Crippen MR) is 93.7 cm³/mol. The van der Waals surface area contributed by atoms with Crippen LogP contribution in [0.2, 0.25) is 0 Å². The first kappa shape index (κ1) is 17.5. The van der Waals surface area contributed by atoms with Gasteiger partial charge in [0.15, 0.2) is 0 Å². The van der Waals surface area contributed by atoms with E-state index in [0.717, 1.165) is 18.6 Å². The van der Waals surface area contributed by atoms with Crippen molar-refractivity contribution in [3.8, 4) is 0 Å². The van der Waals surface area contributed by atoms with Crippen LogP contribution in [0.3, 0.4) is 0 Å². The summed E-state index contributed by atoms with van der Waals surface area (Å²) in [6.45, 7) is 1.92. The first-order valence-corrected chi connectivity index (χ1v) is 7.87. The van der Waals surface area contributed by atoms with E-state index in [-0.39, 0.29) is 12.0 Å². The molecule has 0 aliphatic rings. The molecule has 0 bridgehead atoms. The summed E-state index contributed by atoms with van der Waals surface area (Å²) in [5.74, 6) is -1.37. The average Bonchev–Trinajstić information content (AvgIpc) is 2.59. The first-order valence-electron chi connectivity index (χ1n) is 7.87. The van der Waals surface area contributed by atoms with Gasteiger partial charge in [0, 0.05) is 24.1 Å². The highest BCUT2D eigenvalue weighted by atomic mass is 16.4. The van der Waals surface area contributed by atoms with E-state index in [0.29, 0.717) is 0 Å². The van der Waals surface area contributed by atoms with Crippen molar-refractivity contribution in [2.75, 3.05) is 0 Å². The SMILES string of the molecule is CC(CC(c1ccccc1)c1ccccc1)NC(=O)/C=C\C(=O)O. The first-order chi connectivity index (χ1) is 11.6. The Hall–Kier alpha value is -2.88. The molecule has 0 saturated heterocycles. The molecule has 0 aromatic heterocycles. The molecule has 0 spiro atoms. The van der Waals surface area contributed by atoms with Crippen molar-refractivity contribution in [3.05, 3.63) is 83.9 Å². The molecular weight excluding hydrogens is 302 g/mol. The zero-order chi connectivity index (χ0) is 17.4. The van der Waals surface area contributed by atoms with Gasteiger partial charge in [-0.2, -0.15) is 0 Å². The van der Waals surface area contributed by atoms with Crippen molar-refractivity contribution < 1.29 is 14.7 Å². The monoisotopic (exact) mass is 323 g/mol. The zero-order valence-electron chi connectivity index (χ0n) is 13.6. The normalized spacial score (nSPS) is 12.2. The van der Waals surface area contributed by atoms with Crippen molar-refractivity contribution in [2.24, 2.45) is 0 Å². The topological polar surface area (TPSA) is 66.4 Å². The number of carbonyl (C=O) groups excluding carboxylic acids is 1. The molecular formula is C20H21NO3. The summed E-state index contributed by atoms with van der Waals surface area (Å²) in [6.07, 6.45) is 2.60. The number of hydrogen-bond acceptors (Lipinski definition) is 2. The Kier molecular flexibility index (Phi) is 6.32. The highest BCUT2D eigenvalue weighted by molar-refractivity contribution is 5.93. The van der Waals surface area contributed by atoms with Crippen molar-refractivity contribution >= 4 is 11.9 Å². The van der Waals surface area contributed by atoms with Crippen LogP contribution in [0.4, 0.5) is 0 Å². The number of carboxylic acid groups (broad SMARTS) is 1. The van der Waals surface area contributed by atoms with E-state index in [9.17, 15) is 9.59 Å². The van der Waals surface area contributed by atoms with E-state index in [1.807, 2.05) is 43.3 Å². The lowest BCUT2D eigenvalue weighted by molar-refractivity contribution is -0.131. The van der Waals surface area contributed by atoms with Gasteiger partial charge in [0.05, 0.1) is 0 Å². The van der Waals surface area contributed by atoms with Gasteiger partial charge in [-0.3, -0.25) is 4.79 Å². The molecule has 2 rings (SSSR count). The maximum absolute atomic E-state index is 11.8. The van der Waals surface area contributed by atoms with Gasteiger partial charge in [-0.15, -0.1) is 0 Å². The number of rotatable bonds is 7. The fraction of sp³-hybridized carbons (Fsp3) is 0.200.